The van der Waals surface area contributed by atoms with E-state index in [1.54, 1.807) is 7.05 Å². The summed E-state index contributed by atoms with van der Waals surface area (Å²) in [6, 6.07) is 1.31. The van der Waals surface area contributed by atoms with Crippen LogP contribution in [-0.2, 0) is 4.74 Å². The van der Waals surface area contributed by atoms with Crippen LogP contribution in [0.4, 0.5) is 4.39 Å². The summed E-state index contributed by atoms with van der Waals surface area (Å²) in [5, 5.41) is 15.2. The van der Waals surface area contributed by atoms with E-state index in [9.17, 15) is 4.39 Å². The largest absolute Gasteiger partial charge is 0.377 e. The molecule has 1 unspecified atom stereocenters. The zero-order valence-corrected chi connectivity index (χ0v) is 12.5. The van der Waals surface area contributed by atoms with Crippen LogP contribution < -0.4 is 10.7 Å². The van der Waals surface area contributed by atoms with Gasteiger partial charge in [-0.15, -0.1) is 0 Å². The minimum absolute atomic E-state index is 0.0357. The van der Waals surface area contributed by atoms with Gasteiger partial charge in [0.15, 0.2) is 11.0 Å². The van der Waals surface area contributed by atoms with Crippen molar-refractivity contribution < 1.29 is 9.13 Å². The van der Waals surface area contributed by atoms with E-state index in [1.807, 2.05) is 6.92 Å². The second-order valence-corrected chi connectivity index (χ2v) is 5.07. The molecule has 0 spiro atoms. The van der Waals surface area contributed by atoms with E-state index in [0.29, 0.717) is 18.9 Å². The van der Waals surface area contributed by atoms with Gasteiger partial charge in [0.25, 0.3) is 0 Å². The molecule has 6 nitrogen and oxygen atoms in total. The van der Waals surface area contributed by atoms with E-state index < -0.39 is 5.82 Å². The summed E-state index contributed by atoms with van der Waals surface area (Å²) in [7, 11) is 1.75. The summed E-state index contributed by atoms with van der Waals surface area (Å²) >= 11 is 5.66. The van der Waals surface area contributed by atoms with Crippen molar-refractivity contribution in [2.45, 2.75) is 19.0 Å². The molecule has 2 heterocycles. The van der Waals surface area contributed by atoms with Crippen molar-refractivity contribution in [3.8, 4) is 0 Å². The number of halogens is 2. The van der Waals surface area contributed by atoms with Crippen LogP contribution in [0.1, 0.15) is 12.5 Å². The van der Waals surface area contributed by atoms with E-state index in [2.05, 4.69) is 20.8 Å². The van der Waals surface area contributed by atoms with Crippen molar-refractivity contribution in [3.63, 3.8) is 0 Å². The lowest BCUT2D eigenvalue weighted by Gasteiger charge is -2.26. The van der Waals surface area contributed by atoms with E-state index in [4.69, 9.17) is 21.7 Å². The number of hydrogen-bond donors (Lipinski definition) is 3. The summed E-state index contributed by atoms with van der Waals surface area (Å²) in [6.45, 7) is 2.99. The van der Waals surface area contributed by atoms with Crippen molar-refractivity contribution in [1.82, 2.24) is 15.7 Å². The minimum atomic E-state index is -0.716. The summed E-state index contributed by atoms with van der Waals surface area (Å²) in [6.07, 6.45) is 1.37. The molecule has 2 rings (SSSR count). The van der Waals surface area contributed by atoms with Gasteiger partial charge in [-0.3, -0.25) is 5.41 Å². The van der Waals surface area contributed by atoms with Gasteiger partial charge in [-0.25, -0.2) is 9.37 Å². The molecule has 1 fully saturated rings. The molecule has 114 valence electrons. The maximum atomic E-state index is 14.0. The second kappa shape index (κ2) is 6.93. The third kappa shape index (κ3) is 3.55. The van der Waals surface area contributed by atoms with Crippen molar-refractivity contribution >= 4 is 23.0 Å². The van der Waals surface area contributed by atoms with Crippen LogP contribution in [0.2, 0.25) is 5.15 Å². The Morgan fingerprint density at radius 3 is 2.90 bits per heavy atom. The average Bonchev–Trinajstić information content (AvgIpc) is 2.43. The summed E-state index contributed by atoms with van der Waals surface area (Å²) in [5.41, 5.74) is 3.36. The molecule has 1 saturated heterocycles. The fourth-order valence-corrected chi connectivity index (χ4v) is 1.88. The fourth-order valence-electron chi connectivity index (χ4n) is 1.73. The summed E-state index contributed by atoms with van der Waals surface area (Å²) in [4.78, 5) is 3.65. The number of nitrogens with one attached hydrogen (secondary N) is 3. The lowest BCUT2D eigenvalue weighted by molar-refractivity contribution is -0.00453. The highest BCUT2D eigenvalue weighted by atomic mass is 35.5. The van der Waals surface area contributed by atoms with Crippen LogP contribution in [-0.4, -0.2) is 48.8 Å². The number of rotatable bonds is 6. The molecular weight excluding hydrogens is 297 g/mol. The SMILES string of the molecule is CNC(C)/C(=N/NC1COC1)C(=N)c1ccnc(Cl)c1F. The van der Waals surface area contributed by atoms with Gasteiger partial charge in [0, 0.05) is 11.8 Å². The van der Waals surface area contributed by atoms with Gasteiger partial charge in [0.2, 0.25) is 0 Å². The molecule has 0 amide bonds. The van der Waals surface area contributed by atoms with Gasteiger partial charge in [0.1, 0.15) is 5.71 Å². The number of hydrazone groups is 1. The number of hydrogen-bond acceptors (Lipinski definition) is 6. The molecule has 0 saturated carbocycles. The Morgan fingerprint density at radius 2 is 2.33 bits per heavy atom. The first-order valence-corrected chi connectivity index (χ1v) is 6.89. The molecule has 1 aromatic heterocycles. The highest BCUT2D eigenvalue weighted by molar-refractivity contribution is 6.49. The molecule has 0 aliphatic carbocycles. The Balaban J connectivity index is 2.26. The molecule has 0 aromatic carbocycles. The number of aromatic nitrogens is 1. The van der Waals surface area contributed by atoms with Crippen LogP contribution in [0.3, 0.4) is 0 Å². The number of ether oxygens (including phenoxy) is 1. The topological polar surface area (TPSA) is 82.4 Å². The van der Waals surface area contributed by atoms with Crippen molar-refractivity contribution in [1.29, 1.82) is 5.41 Å². The normalized spacial score (nSPS) is 17.2. The standard InChI is InChI=1S/C13H17ClFN5O/c1-7(17-2)12(20-19-8-5-21-6-8)11(16)9-3-4-18-13(14)10(9)15/h3-4,7-8,16-17,19H,5-6H2,1-2H3/b16-11?,20-12-. The van der Waals surface area contributed by atoms with Crippen molar-refractivity contribution in [2.75, 3.05) is 20.3 Å². The van der Waals surface area contributed by atoms with Crippen LogP contribution in [0, 0.1) is 11.2 Å². The van der Waals surface area contributed by atoms with Gasteiger partial charge in [0.05, 0.1) is 31.0 Å². The van der Waals surface area contributed by atoms with E-state index in [-0.39, 0.29) is 28.5 Å². The van der Waals surface area contributed by atoms with Gasteiger partial charge in [-0.1, -0.05) is 11.6 Å². The smallest absolute Gasteiger partial charge is 0.169 e. The third-order valence-corrected chi connectivity index (χ3v) is 3.48. The zero-order valence-electron chi connectivity index (χ0n) is 11.8. The molecule has 0 bridgehead atoms. The van der Waals surface area contributed by atoms with Gasteiger partial charge < -0.3 is 15.5 Å². The minimum Gasteiger partial charge on any atom is -0.377 e. The van der Waals surface area contributed by atoms with Gasteiger partial charge in [-0.05, 0) is 20.0 Å². The van der Waals surface area contributed by atoms with Crippen LogP contribution in [0.5, 0.6) is 0 Å². The van der Waals surface area contributed by atoms with Crippen molar-refractivity contribution in [3.05, 3.63) is 28.8 Å². The zero-order chi connectivity index (χ0) is 15.4. The number of pyridine rings is 1. The molecule has 8 heteroatoms. The van der Waals surface area contributed by atoms with Crippen molar-refractivity contribution in [2.24, 2.45) is 5.10 Å². The molecule has 0 radical (unpaired) electrons. The average molecular weight is 314 g/mol. The van der Waals surface area contributed by atoms with Crippen LogP contribution in [0.25, 0.3) is 0 Å². The maximum Gasteiger partial charge on any atom is 0.169 e. The van der Waals surface area contributed by atoms with E-state index >= 15 is 0 Å². The highest BCUT2D eigenvalue weighted by Crippen LogP contribution is 2.16. The highest BCUT2D eigenvalue weighted by Gasteiger charge is 2.22. The predicted molar refractivity (Wildman–Crippen MR) is 79.7 cm³/mol. The summed E-state index contributed by atoms with van der Waals surface area (Å²) in [5.74, 6) is -0.716. The lowest BCUT2D eigenvalue weighted by atomic mass is 10.0. The Labute approximate surface area is 127 Å². The molecular formula is C13H17ClFN5O. The first-order chi connectivity index (χ1) is 10.0. The van der Waals surface area contributed by atoms with Crippen LogP contribution >= 0.6 is 11.6 Å². The molecule has 21 heavy (non-hydrogen) atoms. The predicted octanol–water partition coefficient (Wildman–Crippen LogP) is 1.19. The second-order valence-electron chi connectivity index (χ2n) is 4.71. The fraction of sp³-hybridized carbons (Fsp3) is 0.462. The Bertz CT molecular complexity index is 561. The Morgan fingerprint density at radius 1 is 1.62 bits per heavy atom. The van der Waals surface area contributed by atoms with E-state index in [0.717, 1.165) is 0 Å². The molecule has 1 aromatic rings. The van der Waals surface area contributed by atoms with Gasteiger partial charge in [-0.2, -0.15) is 5.10 Å². The lowest BCUT2D eigenvalue weighted by Crippen LogP contribution is -2.46. The molecule has 3 N–H and O–H groups in total. The molecule has 1 aliphatic heterocycles. The van der Waals surface area contributed by atoms with Gasteiger partial charge >= 0.3 is 0 Å². The Hall–Kier alpha value is -1.57. The first-order valence-electron chi connectivity index (χ1n) is 6.52. The van der Waals surface area contributed by atoms with Crippen LogP contribution in [0.15, 0.2) is 17.4 Å². The maximum absolute atomic E-state index is 14.0. The summed E-state index contributed by atoms with van der Waals surface area (Å²) < 4.78 is 19.1. The first kappa shape index (κ1) is 15.8. The van der Waals surface area contributed by atoms with E-state index in [1.165, 1.54) is 12.3 Å². The molecule has 1 atom stereocenters. The number of nitrogens with zero attached hydrogens (tertiary/aromatic N) is 2. The quantitative estimate of drug-likeness (QED) is 0.418. The third-order valence-electron chi connectivity index (χ3n) is 3.22. The molecule has 1 aliphatic rings. The Kier molecular flexibility index (Phi) is 5.22. The monoisotopic (exact) mass is 313 g/mol.